The minimum absolute atomic E-state index is 0.235. The van der Waals surface area contributed by atoms with Gasteiger partial charge in [0.15, 0.2) is 0 Å². The fourth-order valence-corrected chi connectivity index (χ4v) is 2.43. The van der Waals surface area contributed by atoms with E-state index in [4.69, 9.17) is 15.7 Å². The van der Waals surface area contributed by atoms with Gasteiger partial charge in [-0.15, -0.1) is 0 Å². The van der Waals surface area contributed by atoms with Crippen molar-refractivity contribution in [2.45, 2.75) is 33.1 Å². The van der Waals surface area contributed by atoms with Gasteiger partial charge in [-0.1, -0.05) is 19.0 Å². The summed E-state index contributed by atoms with van der Waals surface area (Å²) in [6.45, 7) is 8.25. The predicted octanol–water partition coefficient (Wildman–Crippen LogP) is 1.51. The Labute approximate surface area is 110 Å². The molecular weight excluding hydrogens is 230 g/mol. The Morgan fingerprint density at radius 1 is 1.50 bits per heavy atom. The highest BCUT2D eigenvalue weighted by Crippen LogP contribution is 2.49. The van der Waals surface area contributed by atoms with Gasteiger partial charge in [0.25, 0.3) is 0 Å². The second-order valence-corrected chi connectivity index (χ2v) is 5.89. The second-order valence-electron chi connectivity index (χ2n) is 5.89. The van der Waals surface area contributed by atoms with E-state index >= 15 is 0 Å². The molecule has 0 aromatic carbocycles. The summed E-state index contributed by atoms with van der Waals surface area (Å²) in [4.78, 5) is 2.44. The smallest absolute Gasteiger partial charge is 0.139 e. The summed E-state index contributed by atoms with van der Waals surface area (Å²) >= 11 is 0. The van der Waals surface area contributed by atoms with Gasteiger partial charge in [-0.05, 0) is 24.2 Å². The standard InChI is InChI=1S/C13H27N3O2/c1-11(2)9-16(6-7-18-3)10-13(4-5-13)8-12(14)15-17/h11,17H,4-10H2,1-3H3,(H2,14,15). The van der Waals surface area contributed by atoms with Crippen LogP contribution in [0.1, 0.15) is 33.1 Å². The van der Waals surface area contributed by atoms with E-state index in [1.807, 2.05) is 0 Å². The minimum atomic E-state index is 0.235. The number of oxime groups is 1. The first kappa shape index (κ1) is 15.2. The van der Waals surface area contributed by atoms with Crippen LogP contribution in [0.4, 0.5) is 0 Å². The van der Waals surface area contributed by atoms with Crippen LogP contribution in [-0.2, 0) is 4.74 Å². The number of hydrogen-bond acceptors (Lipinski definition) is 4. The van der Waals surface area contributed by atoms with Crippen LogP contribution in [0.2, 0.25) is 0 Å². The van der Waals surface area contributed by atoms with E-state index in [-0.39, 0.29) is 5.41 Å². The van der Waals surface area contributed by atoms with Crippen molar-refractivity contribution in [3.8, 4) is 0 Å². The second kappa shape index (κ2) is 6.95. The average molecular weight is 257 g/mol. The zero-order chi connectivity index (χ0) is 13.6. The summed E-state index contributed by atoms with van der Waals surface area (Å²) in [6.07, 6.45) is 3.04. The van der Waals surface area contributed by atoms with Crippen molar-refractivity contribution in [3.63, 3.8) is 0 Å². The summed E-state index contributed by atoms with van der Waals surface area (Å²) in [5.41, 5.74) is 5.87. The summed E-state index contributed by atoms with van der Waals surface area (Å²) in [5.74, 6) is 0.991. The van der Waals surface area contributed by atoms with Crippen LogP contribution in [0.15, 0.2) is 5.16 Å². The molecule has 0 amide bonds. The number of amidine groups is 1. The molecule has 0 aliphatic heterocycles. The number of nitrogens with two attached hydrogens (primary N) is 1. The Balaban J connectivity index is 2.48. The van der Waals surface area contributed by atoms with Crippen LogP contribution >= 0.6 is 0 Å². The summed E-state index contributed by atoms with van der Waals surface area (Å²) in [6, 6.07) is 0. The molecule has 106 valence electrons. The van der Waals surface area contributed by atoms with E-state index in [2.05, 4.69) is 23.9 Å². The topological polar surface area (TPSA) is 71.1 Å². The van der Waals surface area contributed by atoms with Crippen molar-refractivity contribution < 1.29 is 9.94 Å². The van der Waals surface area contributed by atoms with Crippen molar-refractivity contribution in [2.75, 3.05) is 33.4 Å². The zero-order valence-corrected chi connectivity index (χ0v) is 11.9. The molecule has 5 nitrogen and oxygen atoms in total. The number of ether oxygens (including phenoxy) is 1. The molecular formula is C13H27N3O2. The van der Waals surface area contributed by atoms with Crippen LogP contribution in [0.25, 0.3) is 0 Å². The highest BCUT2D eigenvalue weighted by atomic mass is 16.5. The fraction of sp³-hybridized carbons (Fsp3) is 0.923. The molecule has 1 aliphatic rings. The average Bonchev–Trinajstić information content (AvgIpc) is 3.04. The maximum absolute atomic E-state index is 8.68. The van der Waals surface area contributed by atoms with Gasteiger partial charge in [0.1, 0.15) is 5.84 Å². The number of nitrogens with zero attached hydrogens (tertiary/aromatic N) is 2. The molecule has 0 aromatic heterocycles. The number of hydrogen-bond donors (Lipinski definition) is 2. The van der Waals surface area contributed by atoms with Gasteiger partial charge in [-0.3, -0.25) is 0 Å². The molecule has 5 heteroatoms. The monoisotopic (exact) mass is 257 g/mol. The molecule has 3 N–H and O–H groups in total. The van der Waals surface area contributed by atoms with E-state index in [0.717, 1.165) is 26.2 Å². The Morgan fingerprint density at radius 3 is 2.61 bits per heavy atom. The van der Waals surface area contributed by atoms with E-state index in [1.54, 1.807) is 7.11 Å². The molecule has 1 saturated carbocycles. The largest absolute Gasteiger partial charge is 0.409 e. The molecule has 0 radical (unpaired) electrons. The van der Waals surface area contributed by atoms with E-state index in [1.165, 1.54) is 12.8 Å². The summed E-state index contributed by atoms with van der Waals surface area (Å²) in [7, 11) is 1.73. The molecule has 0 aromatic rings. The lowest BCUT2D eigenvalue weighted by molar-refractivity contribution is 0.125. The SMILES string of the molecule is COCCN(CC(C)C)CC1(CC(N)=NO)CC1. The lowest BCUT2D eigenvalue weighted by Gasteiger charge is -2.28. The van der Waals surface area contributed by atoms with Crippen molar-refractivity contribution in [1.82, 2.24) is 4.90 Å². The van der Waals surface area contributed by atoms with Crippen molar-refractivity contribution in [2.24, 2.45) is 22.2 Å². The van der Waals surface area contributed by atoms with Gasteiger partial charge in [0.2, 0.25) is 0 Å². The third kappa shape index (κ3) is 5.23. The predicted molar refractivity (Wildman–Crippen MR) is 72.8 cm³/mol. The lowest BCUT2D eigenvalue weighted by atomic mass is 10.0. The quantitative estimate of drug-likeness (QED) is 0.284. The molecule has 0 atom stereocenters. The normalized spacial score (nSPS) is 18.6. The van der Waals surface area contributed by atoms with Crippen LogP contribution in [0, 0.1) is 11.3 Å². The van der Waals surface area contributed by atoms with Crippen LogP contribution in [0.3, 0.4) is 0 Å². The Hall–Kier alpha value is -0.810. The first-order chi connectivity index (χ1) is 8.51. The van der Waals surface area contributed by atoms with Gasteiger partial charge < -0.3 is 20.6 Å². The maximum Gasteiger partial charge on any atom is 0.139 e. The van der Waals surface area contributed by atoms with Gasteiger partial charge in [-0.25, -0.2) is 0 Å². The third-order valence-electron chi connectivity index (χ3n) is 3.44. The van der Waals surface area contributed by atoms with Crippen LogP contribution in [0.5, 0.6) is 0 Å². The fourth-order valence-electron chi connectivity index (χ4n) is 2.43. The molecule has 0 bridgehead atoms. The third-order valence-corrected chi connectivity index (χ3v) is 3.44. The zero-order valence-electron chi connectivity index (χ0n) is 11.9. The van der Waals surface area contributed by atoms with Gasteiger partial charge in [0, 0.05) is 33.2 Å². The molecule has 1 aliphatic carbocycles. The molecule has 0 spiro atoms. The lowest BCUT2D eigenvalue weighted by Crippen LogP contribution is -2.37. The van der Waals surface area contributed by atoms with Crippen LogP contribution < -0.4 is 5.73 Å². The molecule has 18 heavy (non-hydrogen) atoms. The van der Waals surface area contributed by atoms with Crippen molar-refractivity contribution >= 4 is 5.84 Å². The Morgan fingerprint density at radius 2 is 2.17 bits per heavy atom. The van der Waals surface area contributed by atoms with E-state index in [9.17, 15) is 0 Å². The molecule has 0 heterocycles. The highest BCUT2D eigenvalue weighted by molar-refractivity contribution is 5.80. The number of rotatable bonds is 9. The molecule has 1 fully saturated rings. The van der Waals surface area contributed by atoms with E-state index < -0.39 is 0 Å². The van der Waals surface area contributed by atoms with Crippen molar-refractivity contribution in [1.29, 1.82) is 0 Å². The number of methoxy groups -OCH3 is 1. The van der Waals surface area contributed by atoms with Crippen LogP contribution in [-0.4, -0.2) is 49.3 Å². The summed E-state index contributed by atoms with van der Waals surface area (Å²) in [5, 5.41) is 11.8. The summed E-state index contributed by atoms with van der Waals surface area (Å²) < 4.78 is 5.16. The molecule has 0 unspecified atom stereocenters. The highest BCUT2D eigenvalue weighted by Gasteiger charge is 2.44. The van der Waals surface area contributed by atoms with Crippen molar-refractivity contribution in [3.05, 3.63) is 0 Å². The maximum atomic E-state index is 8.68. The molecule has 1 rings (SSSR count). The minimum Gasteiger partial charge on any atom is -0.409 e. The Kier molecular flexibility index (Phi) is 5.88. The first-order valence-electron chi connectivity index (χ1n) is 6.69. The molecule has 0 saturated heterocycles. The van der Waals surface area contributed by atoms with Gasteiger partial charge in [0.05, 0.1) is 6.61 Å². The first-order valence-corrected chi connectivity index (χ1v) is 6.69. The van der Waals surface area contributed by atoms with Gasteiger partial charge >= 0.3 is 0 Å². The Bertz CT molecular complexity index is 275. The van der Waals surface area contributed by atoms with E-state index in [0.29, 0.717) is 18.2 Å². The van der Waals surface area contributed by atoms with Gasteiger partial charge in [-0.2, -0.15) is 0 Å².